The van der Waals surface area contributed by atoms with Gasteiger partial charge in [0.2, 0.25) is 0 Å². The lowest BCUT2D eigenvalue weighted by Crippen LogP contribution is -2.35. The number of hydrogen-bond acceptors (Lipinski definition) is 7. The summed E-state index contributed by atoms with van der Waals surface area (Å²) in [4.78, 5) is 38.9. The molecule has 3 amide bonds. The molecule has 1 aliphatic rings. The normalized spacial score (nSPS) is 13.5. The second-order valence-corrected chi connectivity index (χ2v) is 9.92. The smallest absolute Gasteiger partial charge is 0.409 e. The maximum absolute atomic E-state index is 12.9. The van der Waals surface area contributed by atoms with Crippen molar-refractivity contribution in [2.75, 3.05) is 24.7 Å². The van der Waals surface area contributed by atoms with E-state index in [1.54, 1.807) is 12.1 Å². The Morgan fingerprint density at radius 2 is 1.97 bits per heavy atom. The second kappa shape index (κ2) is 8.44. The number of fused-ring (bicyclic) bond motifs is 1. The van der Waals surface area contributed by atoms with Gasteiger partial charge in [0.1, 0.15) is 5.00 Å². The minimum atomic E-state index is -3.62. The van der Waals surface area contributed by atoms with Crippen molar-refractivity contribution in [1.29, 1.82) is 0 Å². The number of anilines is 1. The molecule has 0 spiro atoms. The molecule has 0 radical (unpaired) electrons. The molecule has 1 aromatic carbocycles. The predicted molar refractivity (Wildman–Crippen MR) is 111 cm³/mol. The highest BCUT2D eigenvalue weighted by Crippen LogP contribution is 2.37. The third-order valence-electron chi connectivity index (χ3n) is 4.81. The van der Waals surface area contributed by atoms with Gasteiger partial charge in [-0.15, -0.1) is 11.3 Å². The second-order valence-electron chi connectivity index (χ2n) is 6.57. The summed E-state index contributed by atoms with van der Waals surface area (Å²) >= 11 is 1.13. The van der Waals surface area contributed by atoms with Gasteiger partial charge in [-0.25, -0.2) is 13.2 Å². The van der Waals surface area contributed by atoms with E-state index in [0.717, 1.165) is 11.3 Å². The molecule has 0 saturated carbocycles. The Labute approximate surface area is 177 Å². The third kappa shape index (κ3) is 4.03. The minimum Gasteiger partial charge on any atom is -0.453 e. The zero-order valence-corrected chi connectivity index (χ0v) is 18.1. The number of ether oxygens (including phenoxy) is 1. The first kappa shape index (κ1) is 21.8. The van der Waals surface area contributed by atoms with Crippen LogP contribution in [0.2, 0.25) is 0 Å². The number of carbonyl (C=O) groups excluding carboxylic acids is 3. The van der Waals surface area contributed by atoms with Crippen LogP contribution in [0.15, 0.2) is 29.2 Å². The lowest BCUT2D eigenvalue weighted by Gasteiger charge is -2.25. The van der Waals surface area contributed by atoms with E-state index in [1.807, 2.05) is 0 Å². The van der Waals surface area contributed by atoms with E-state index >= 15 is 0 Å². The van der Waals surface area contributed by atoms with Crippen LogP contribution in [0.25, 0.3) is 0 Å². The van der Waals surface area contributed by atoms with Crippen LogP contribution in [0.5, 0.6) is 0 Å². The molecular weight excluding hydrogens is 430 g/mol. The zero-order valence-electron chi connectivity index (χ0n) is 16.4. The minimum absolute atomic E-state index is 0.0164. The van der Waals surface area contributed by atoms with Crippen LogP contribution in [0.3, 0.4) is 0 Å². The van der Waals surface area contributed by atoms with Gasteiger partial charge < -0.3 is 20.7 Å². The molecule has 0 unspecified atom stereocenters. The fourth-order valence-electron chi connectivity index (χ4n) is 3.29. The van der Waals surface area contributed by atoms with Crippen LogP contribution >= 0.6 is 11.3 Å². The number of thiophene rings is 1. The predicted octanol–water partition coefficient (Wildman–Crippen LogP) is 2.02. The average molecular weight is 452 g/mol. The van der Waals surface area contributed by atoms with E-state index in [0.29, 0.717) is 23.4 Å². The van der Waals surface area contributed by atoms with Gasteiger partial charge in [0.15, 0.2) is 9.84 Å². The van der Waals surface area contributed by atoms with Crippen LogP contribution in [-0.4, -0.2) is 50.6 Å². The van der Waals surface area contributed by atoms with Crippen molar-refractivity contribution in [3.05, 3.63) is 45.8 Å². The number of nitrogens with one attached hydrogen (secondary N) is 1. The molecule has 0 atom stereocenters. The molecule has 30 heavy (non-hydrogen) atoms. The molecule has 11 heteroatoms. The topological polar surface area (TPSA) is 136 Å². The van der Waals surface area contributed by atoms with Gasteiger partial charge in [-0.3, -0.25) is 9.59 Å². The highest BCUT2D eigenvalue weighted by molar-refractivity contribution is 7.91. The van der Waals surface area contributed by atoms with E-state index in [2.05, 4.69) is 5.32 Å². The largest absolute Gasteiger partial charge is 0.453 e. The van der Waals surface area contributed by atoms with Crippen molar-refractivity contribution >= 4 is 44.1 Å². The van der Waals surface area contributed by atoms with Crippen molar-refractivity contribution < 1.29 is 27.5 Å². The fraction of sp³-hybridized carbons (Fsp3) is 0.316. The van der Waals surface area contributed by atoms with Crippen molar-refractivity contribution in [3.63, 3.8) is 0 Å². The van der Waals surface area contributed by atoms with Gasteiger partial charge in [-0.1, -0.05) is 19.1 Å². The summed E-state index contributed by atoms with van der Waals surface area (Å²) in [6.45, 7) is 2.07. The number of primary amides is 1. The number of nitrogens with zero attached hydrogens (tertiary/aromatic N) is 1. The van der Waals surface area contributed by atoms with Crippen molar-refractivity contribution in [1.82, 2.24) is 4.90 Å². The van der Waals surface area contributed by atoms with Crippen LogP contribution in [0.4, 0.5) is 9.80 Å². The molecule has 1 aromatic heterocycles. The maximum atomic E-state index is 12.9. The standard InChI is InChI=1S/C19H21N3O6S2/c1-3-30(26,27)14-7-5-4-6-12(14)17(24)21-18-15(16(20)23)11-8-9-22(19(25)28-2)10-13(11)29-18/h4-7H,3,8-10H2,1-2H3,(H2,20,23)(H,21,24). The van der Waals surface area contributed by atoms with Gasteiger partial charge in [0.25, 0.3) is 11.8 Å². The summed E-state index contributed by atoms with van der Waals surface area (Å²) in [6.07, 6.45) is -0.102. The van der Waals surface area contributed by atoms with Crippen LogP contribution in [-0.2, 0) is 27.5 Å². The number of sulfone groups is 1. The first-order valence-corrected chi connectivity index (χ1v) is 11.6. The molecule has 2 heterocycles. The van der Waals surface area contributed by atoms with E-state index in [9.17, 15) is 22.8 Å². The van der Waals surface area contributed by atoms with Crippen molar-refractivity contribution in [2.24, 2.45) is 5.73 Å². The van der Waals surface area contributed by atoms with E-state index in [4.69, 9.17) is 10.5 Å². The van der Waals surface area contributed by atoms with E-state index < -0.39 is 27.7 Å². The number of methoxy groups -OCH3 is 1. The first-order valence-electron chi connectivity index (χ1n) is 9.10. The molecule has 3 rings (SSSR count). The summed E-state index contributed by atoms with van der Waals surface area (Å²) in [7, 11) is -2.34. The van der Waals surface area contributed by atoms with Gasteiger partial charge in [0.05, 0.1) is 35.4 Å². The lowest BCUT2D eigenvalue weighted by molar-refractivity contribution is 0.0999. The summed E-state index contributed by atoms with van der Waals surface area (Å²) in [5.41, 5.74) is 6.40. The number of benzene rings is 1. The van der Waals surface area contributed by atoms with Gasteiger partial charge in [0, 0.05) is 11.4 Å². The van der Waals surface area contributed by atoms with Gasteiger partial charge >= 0.3 is 6.09 Å². The number of nitrogens with two attached hydrogens (primary N) is 1. The molecule has 9 nitrogen and oxygen atoms in total. The Balaban J connectivity index is 1.97. The number of carbonyl (C=O) groups is 3. The molecule has 3 N–H and O–H groups in total. The van der Waals surface area contributed by atoms with Gasteiger partial charge in [-0.05, 0) is 24.1 Å². The highest BCUT2D eigenvalue weighted by atomic mass is 32.2. The van der Waals surface area contributed by atoms with Gasteiger partial charge in [-0.2, -0.15) is 0 Å². The van der Waals surface area contributed by atoms with Crippen molar-refractivity contribution in [2.45, 2.75) is 24.8 Å². The molecule has 0 saturated heterocycles. The van der Waals surface area contributed by atoms with E-state index in [1.165, 1.54) is 31.1 Å². The molecule has 0 bridgehead atoms. The molecule has 1 aliphatic heterocycles. The molecule has 2 aromatic rings. The summed E-state index contributed by atoms with van der Waals surface area (Å²) in [5, 5.41) is 2.87. The Hall–Kier alpha value is -2.92. The lowest BCUT2D eigenvalue weighted by atomic mass is 10.0. The molecule has 0 aliphatic carbocycles. The van der Waals surface area contributed by atoms with Crippen LogP contribution in [0, 0.1) is 0 Å². The summed E-state index contributed by atoms with van der Waals surface area (Å²) in [6, 6.07) is 5.89. The van der Waals surface area contributed by atoms with Crippen LogP contribution in [0.1, 0.15) is 38.1 Å². The fourth-order valence-corrected chi connectivity index (χ4v) is 5.64. The molecule has 160 valence electrons. The monoisotopic (exact) mass is 451 g/mol. The summed E-state index contributed by atoms with van der Waals surface area (Å²) < 4.78 is 29.4. The number of rotatable bonds is 5. The molecule has 0 fully saturated rings. The maximum Gasteiger partial charge on any atom is 0.409 e. The number of amides is 3. The average Bonchev–Trinajstić information content (AvgIpc) is 3.10. The first-order chi connectivity index (χ1) is 14.2. The summed E-state index contributed by atoms with van der Waals surface area (Å²) in [5.74, 6) is -1.52. The Morgan fingerprint density at radius 1 is 1.27 bits per heavy atom. The molecular formula is C19H21N3O6S2. The Morgan fingerprint density at radius 3 is 2.60 bits per heavy atom. The highest BCUT2D eigenvalue weighted by Gasteiger charge is 2.30. The Kier molecular flexibility index (Phi) is 6.13. The quantitative estimate of drug-likeness (QED) is 0.714. The number of hydrogen-bond donors (Lipinski definition) is 2. The SMILES string of the molecule is CCS(=O)(=O)c1ccccc1C(=O)Nc1sc2c(c1C(N)=O)CCN(C(=O)OC)C2. The van der Waals surface area contributed by atoms with Crippen LogP contribution < -0.4 is 11.1 Å². The van der Waals surface area contributed by atoms with E-state index in [-0.39, 0.29) is 33.3 Å². The van der Waals surface area contributed by atoms with Crippen molar-refractivity contribution in [3.8, 4) is 0 Å². The zero-order chi connectivity index (χ0) is 22.1. The Bertz CT molecular complexity index is 1120. The third-order valence-corrected chi connectivity index (χ3v) is 7.73.